The van der Waals surface area contributed by atoms with Crippen molar-refractivity contribution < 1.29 is 13.5 Å². The van der Waals surface area contributed by atoms with E-state index in [1.165, 1.54) is 26.1 Å². The van der Waals surface area contributed by atoms with Crippen LogP contribution in [-0.2, 0) is 10.0 Å². The highest BCUT2D eigenvalue weighted by Gasteiger charge is 2.22. The topological polar surface area (TPSA) is 83.6 Å². The number of aliphatic hydroxyl groups is 1. The first kappa shape index (κ1) is 14.4. The molecule has 5 nitrogen and oxygen atoms in total. The third-order valence-electron chi connectivity index (χ3n) is 2.20. The number of nitrogen functional groups attached to an aromatic ring is 1. The van der Waals surface area contributed by atoms with Gasteiger partial charge in [0.15, 0.2) is 0 Å². The van der Waals surface area contributed by atoms with E-state index in [2.05, 4.69) is 15.9 Å². The van der Waals surface area contributed by atoms with Gasteiger partial charge in [0.25, 0.3) is 0 Å². The van der Waals surface area contributed by atoms with Crippen LogP contribution in [0.4, 0.5) is 5.69 Å². The number of halogens is 1. The summed E-state index contributed by atoms with van der Waals surface area (Å²) in [4.78, 5) is 0.112. The average Bonchev–Trinajstić information content (AvgIpc) is 2.20. The minimum atomic E-state index is -3.60. The molecule has 0 amide bonds. The molecule has 3 N–H and O–H groups in total. The third-order valence-corrected chi connectivity index (χ3v) is 4.74. The zero-order valence-electron chi connectivity index (χ0n) is 9.59. The molecule has 0 bridgehead atoms. The summed E-state index contributed by atoms with van der Waals surface area (Å²) in [6, 6.07) is 4.44. The van der Waals surface area contributed by atoms with Gasteiger partial charge in [0.2, 0.25) is 10.0 Å². The maximum Gasteiger partial charge on any atom is 0.242 e. The molecule has 1 rings (SSSR count). The normalized spacial score (nSPS) is 13.9. The van der Waals surface area contributed by atoms with Crippen LogP contribution in [0.25, 0.3) is 0 Å². The molecule has 0 aliphatic heterocycles. The van der Waals surface area contributed by atoms with Crippen LogP contribution in [0.1, 0.15) is 6.92 Å². The Morgan fingerprint density at radius 3 is 2.59 bits per heavy atom. The fourth-order valence-corrected chi connectivity index (χ4v) is 2.87. The average molecular weight is 323 g/mol. The predicted molar refractivity (Wildman–Crippen MR) is 70.1 cm³/mol. The van der Waals surface area contributed by atoms with Crippen LogP contribution in [0.5, 0.6) is 0 Å². The van der Waals surface area contributed by atoms with Crippen LogP contribution in [0.3, 0.4) is 0 Å². The van der Waals surface area contributed by atoms with Crippen molar-refractivity contribution in [3.63, 3.8) is 0 Å². The lowest BCUT2D eigenvalue weighted by molar-refractivity contribution is 0.171. The SMILES string of the molecule is CC(O)CN(C)S(=O)(=O)c1ccc(Br)c(N)c1. The number of likely N-dealkylation sites (N-methyl/N-ethyl adjacent to an activating group) is 1. The molecule has 0 spiro atoms. The first-order valence-electron chi connectivity index (χ1n) is 4.94. The predicted octanol–water partition coefficient (Wildman–Crippen LogP) is 1.03. The molecule has 0 aromatic heterocycles. The van der Waals surface area contributed by atoms with Gasteiger partial charge in [-0.25, -0.2) is 8.42 Å². The third kappa shape index (κ3) is 3.41. The minimum Gasteiger partial charge on any atom is -0.398 e. The van der Waals surface area contributed by atoms with Gasteiger partial charge in [-0.15, -0.1) is 0 Å². The maximum absolute atomic E-state index is 12.1. The van der Waals surface area contributed by atoms with Crippen molar-refractivity contribution in [2.75, 3.05) is 19.3 Å². The lowest BCUT2D eigenvalue weighted by atomic mass is 10.3. The van der Waals surface area contributed by atoms with Gasteiger partial charge in [0, 0.05) is 23.8 Å². The van der Waals surface area contributed by atoms with Gasteiger partial charge >= 0.3 is 0 Å². The number of sulfonamides is 1. The molecule has 0 saturated heterocycles. The Hall–Kier alpha value is -0.630. The second-order valence-corrected chi connectivity index (χ2v) is 6.72. The van der Waals surface area contributed by atoms with Crippen LogP contribution in [-0.4, -0.2) is 37.5 Å². The van der Waals surface area contributed by atoms with Gasteiger partial charge in [-0.3, -0.25) is 0 Å². The minimum absolute atomic E-state index is 0.0400. The van der Waals surface area contributed by atoms with E-state index in [1.807, 2.05) is 0 Å². The monoisotopic (exact) mass is 322 g/mol. The summed E-state index contributed by atoms with van der Waals surface area (Å²) in [5, 5.41) is 9.19. The van der Waals surface area contributed by atoms with E-state index in [-0.39, 0.29) is 11.4 Å². The lowest BCUT2D eigenvalue weighted by Gasteiger charge is -2.18. The molecule has 1 aromatic carbocycles. The maximum atomic E-state index is 12.1. The lowest BCUT2D eigenvalue weighted by Crippen LogP contribution is -2.33. The quantitative estimate of drug-likeness (QED) is 0.811. The molecule has 17 heavy (non-hydrogen) atoms. The van der Waals surface area contributed by atoms with Crippen LogP contribution in [0.15, 0.2) is 27.6 Å². The summed E-state index contributed by atoms with van der Waals surface area (Å²) in [6.45, 7) is 1.57. The van der Waals surface area contributed by atoms with Gasteiger partial charge in [-0.1, -0.05) is 0 Å². The van der Waals surface area contributed by atoms with E-state index >= 15 is 0 Å². The number of benzene rings is 1. The van der Waals surface area contributed by atoms with Crippen molar-refractivity contribution >= 4 is 31.6 Å². The van der Waals surface area contributed by atoms with Gasteiger partial charge in [-0.2, -0.15) is 4.31 Å². The Bertz CT molecular complexity index is 502. The summed E-state index contributed by atoms with van der Waals surface area (Å²) >= 11 is 3.20. The molecule has 0 aliphatic rings. The summed E-state index contributed by atoms with van der Waals surface area (Å²) in [6.07, 6.45) is -0.720. The number of nitrogens with two attached hydrogens (primary N) is 1. The van der Waals surface area contributed by atoms with E-state index < -0.39 is 16.1 Å². The van der Waals surface area contributed by atoms with Gasteiger partial charge in [0.1, 0.15) is 0 Å². The molecule has 7 heteroatoms. The van der Waals surface area contributed by atoms with Crippen LogP contribution < -0.4 is 5.73 Å². The summed E-state index contributed by atoms with van der Waals surface area (Å²) < 4.78 is 25.9. The number of hydrogen-bond donors (Lipinski definition) is 2. The van der Waals surface area contributed by atoms with Crippen LogP contribution in [0, 0.1) is 0 Å². The smallest absolute Gasteiger partial charge is 0.242 e. The standard InChI is InChI=1S/C10H15BrN2O3S/c1-7(14)6-13(2)17(15,16)8-3-4-9(11)10(12)5-8/h3-5,7,14H,6,12H2,1-2H3. The Balaban J connectivity index is 3.09. The van der Waals surface area contributed by atoms with Crippen molar-refractivity contribution in [3.05, 3.63) is 22.7 Å². The van der Waals surface area contributed by atoms with E-state index in [9.17, 15) is 13.5 Å². The number of hydrogen-bond acceptors (Lipinski definition) is 4. The van der Waals surface area contributed by atoms with Crippen LogP contribution >= 0.6 is 15.9 Å². The molecule has 0 radical (unpaired) electrons. The summed E-state index contributed by atoms with van der Waals surface area (Å²) in [5.41, 5.74) is 6.00. The fraction of sp³-hybridized carbons (Fsp3) is 0.400. The van der Waals surface area contributed by atoms with E-state index in [0.717, 1.165) is 4.31 Å². The van der Waals surface area contributed by atoms with Gasteiger partial charge in [0.05, 0.1) is 11.0 Å². The molecule has 0 fully saturated rings. The van der Waals surface area contributed by atoms with Gasteiger partial charge < -0.3 is 10.8 Å². The largest absolute Gasteiger partial charge is 0.398 e. The molecule has 1 unspecified atom stereocenters. The van der Waals surface area contributed by atoms with E-state index in [0.29, 0.717) is 10.2 Å². The summed E-state index contributed by atoms with van der Waals surface area (Å²) in [5.74, 6) is 0. The molecular formula is C10H15BrN2O3S. The Labute approximate surface area is 109 Å². The van der Waals surface area contributed by atoms with Crippen molar-refractivity contribution in [2.45, 2.75) is 17.9 Å². The first-order chi connectivity index (χ1) is 7.75. The zero-order chi connectivity index (χ0) is 13.2. The van der Waals surface area contributed by atoms with E-state index in [4.69, 9.17) is 5.73 Å². The molecule has 0 heterocycles. The Kier molecular flexibility index (Phi) is 4.54. The van der Waals surface area contributed by atoms with E-state index in [1.54, 1.807) is 6.07 Å². The second-order valence-electron chi connectivity index (χ2n) is 3.82. The van der Waals surface area contributed by atoms with Crippen molar-refractivity contribution in [2.24, 2.45) is 0 Å². The number of aliphatic hydroxyl groups excluding tert-OH is 1. The Morgan fingerprint density at radius 2 is 2.12 bits per heavy atom. The second kappa shape index (κ2) is 5.34. The summed E-state index contributed by atoms with van der Waals surface area (Å²) in [7, 11) is -2.18. The highest BCUT2D eigenvalue weighted by atomic mass is 79.9. The zero-order valence-corrected chi connectivity index (χ0v) is 12.0. The fourth-order valence-electron chi connectivity index (χ4n) is 1.33. The molecule has 0 aliphatic carbocycles. The molecule has 96 valence electrons. The molecular weight excluding hydrogens is 308 g/mol. The van der Waals surface area contributed by atoms with Crippen LogP contribution in [0.2, 0.25) is 0 Å². The van der Waals surface area contributed by atoms with Crippen molar-refractivity contribution in [1.29, 1.82) is 0 Å². The highest BCUT2D eigenvalue weighted by Crippen LogP contribution is 2.24. The molecule has 1 aromatic rings. The number of rotatable bonds is 4. The van der Waals surface area contributed by atoms with Gasteiger partial charge in [-0.05, 0) is 41.1 Å². The molecule has 1 atom stereocenters. The Morgan fingerprint density at radius 1 is 1.53 bits per heavy atom. The number of nitrogens with zero attached hydrogens (tertiary/aromatic N) is 1. The van der Waals surface area contributed by atoms with Crippen molar-refractivity contribution in [1.82, 2.24) is 4.31 Å². The number of anilines is 1. The first-order valence-corrected chi connectivity index (χ1v) is 7.18. The van der Waals surface area contributed by atoms with Crippen molar-refractivity contribution in [3.8, 4) is 0 Å². The molecule has 0 saturated carbocycles. The highest BCUT2D eigenvalue weighted by molar-refractivity contribution is 9.10.